The first kappa shape index (κ1) is 12.0. The predicted octanol–water partition coefficient (Wildman–Crippen LogP) is 1.72. The number of amides is 1. The summed E-state index contributed by atoms with van der Waals surface area (Å²) >= 11 is 0. The molecule has 0 aliphatic rings. The molecule has 0 aliphatic carbocycles. The van der Waals surface area contributed by atoms with Crippen LogP contribution in [0.25, 0.3) is 0 Å². The molecule has 0 unspecified atom stereocenters. The van der Waals surface area contributed by atoms with Gasteiger partial charge in [-0.15, -0.1) is 0 Å². The van der Waals surface area contributed by atoms with E-state index in [2.05, 4.69) is 20.6 Å². The van der Waals surface area contributed by atoms with Crippen LogP contribution < -0.4 is 10.6 Å². The summed E-state index contributed by atoms with van der Waals surface area (Å²) in [5.41, 5.74) is 0.470. The molecule has 0 saturated heterocycles. The smallest absolute Gasteiger partial charge is 0.272 e. The summed E-state index contributed by atoms with van der Waals surface area (Å²) in [6.07, 6.45) is 0.961. The van der Waals surface area contributed by atoms with Crippen molar-refractivity contribution < 1.29 is 9.18 Å². The number of nitrogens with zero attached hydrogens (tertiary/aromatic N) is 2. The largest absolute Gasteiger partial charge is 0.354 e. The number of hydrogen-bond donors (Lipinski definition) is 2. The molecule has 1 aromatic carbocycles. The van der Waals surface area contributed by atoms with Gasteiger partial charge in [-0.2, -0.15) is 0 Å². The van der Waals surface area contributed by atoms with E-state index >= 15 is 0 Å². The third kappa shape index (κ3) is 2.60. The zero-order valence-corrected chi connectivity index (χ0v) is 9.64. The molecule has 0 fully saturated rings. The van der Waals surface area contributed by atoms with E-state index in [1.165, 1.54) is 7.05 Å². The monoisotopic (exact) mass is 246 g/mol. The lowest BCUT2D eigenvalue weighted by Gasteiger charge is -2.06. The van der Waals surface area contributed by atoms with Gasteiger partial charge < -0.3 is 10.6 Å². The Morgan fingerprint density at radius 2 is 2.00 bits per heavy atom. The maximum Gasteiger partial charge on any atom is 0.272 e. The molecule has 2 N–H and O–H groups in total. The van der Waals surface area contributed by atoms with Crippen molar-refractivity contribution in [3.8, 4) is 0 Å². The fourth-order valence-corrected chi connectivity index (χ4v) is 1.36. The standard InChI is InChI=1S/C12H11FN4O/c1-14-11(18)10-9(13)7-15-12(17-10)16-8-5-3-2-4-6-8/h2-7H,1H3,(H,14,18)(H,15,16,17). The van der Waals surface area contributed by atoms with Gasteiger partial charge in [0.1, 0.15) is 0 Å². The Hall–Kier alpha value is -2.50. The second-order valence-corrected chi connectivity index (χ2v) is 3.46. The highest BCUT2D eigenvalue weighted by atomic mass is 19.1. The van der Waals surface area contributed by atoms with Crippen LogP contribution in [0.5, 0.6) is 0 Å². The van der Waals surface area contributed by atoms with Crippen molar-refractivity contribution >= 4 is 17.5 Å². The van der Waals surface area contributed by atoms with Crippen molar-refractivity contribution in [3.05, 3.63) is 48.0 Å². The maximum absolute atomic E-state index is 13.3. The van der Waals surface area contributed by atoms with E-state index in [4.69, 9.17) is 0 Å². The van der Waals surface area contributed by atoms with E-state index in [-0.39, 0.29) is 11.6 Å². The highest BCUT2D eigenvalue weighted by molar-refractivity contribution is 5.92. The molecule has 0 spiro atoms. The van der Waals surface area contributed by atoms with E-state index in [9.17, 15) is 9.18 Å². The first-order chi connectivity index (χ1) is 8.70. The van der Waals surface area contributed by atoms with Crippen molar-refractivity contribution in [1.82, 2.24) is 15.3 Å². The van der Waals surface area contributed by atoms with Gasteiger partial charge in [0.2, 0.25) is 5.95 Å². The fraction of sp³-hybridized carbons (Fsp3) is 0.0833. The molecule has 0 atom stereocenters. The number of anilines is 2. The average Bonchev–Trinajstić information content (AvgIpc) is 2.41. The number of carbonyl (C=O) groups excluding carboxylic acids is 1. The topological polar surface area (TPSA) is 66.9 Å². The predicted molar refractivity (Wildman–Crippen MR) is 65.1 cm³/mol. The highest BCUT2D eigenvalue weighted by Gasteiger charge is 2.13. The number of rotatable bonds is 3. The summed E-state index contributed by atoms with van der Waals surface area (Å²) in [6, 6.07) is 9.17. The molecule has 6 heteroatoms. The molecule has 2 aromatic rings. The van der Waals surface area contributed by atoms with Crippen LogP contribution in [-0.2, 0) is 0 Å². The molecule has 92 valence electrons. The Balaban J connectivity index is 2.27. The number of hydrogen-bond acceptors (Lipinski definition) is 4. The molecule has 0 saturated carbocycles. The van der Waals surface area contributed by atoms with E-state index < -0.39 is 11.7 Å². The second-order valence-electron chi connectivity index (χ2n) is 3.46. The molecule has 18 heavy (non-hydrogen) atoms. The van der Waals surface area contributed by atoms with Crippen LogP contribution >= 0.6 is 0 Å². The molecule has 0 radical (unpaired) electrons. The minimum atomic E-state index is -0.757. The van der Waals surface area contributed by atoms with Gasteiger partial charge in [-0.05, 0) is 12.1 Å². The van der Waals surface area contributed by atoms with E-state index in [0.717, 1.165) is 11.9 Å². The third-order valence-electron chi connectivity index (χ3n) is 2.22. The van der Waals surface area contributed by atoms with Gasteiger partial charge in [0, 0.05) is 12.7 Å². The first-order valence-corrected chi connectivity index (χ1v) is 5.27. The molecule has 0 aliphatic heterocycles. The lowest BCUT2D eigenvalue weighted by atomic mass is 10.3. The number of aromatic nitrogens is 2. The van der Waals surface area contributed by atoms with Gasteiger partial charge >= 0.3 is 0 Å². The average molecular weight is 246 g/mol. The van der Waals surface area contributed by atoms with Crippen LogP contribution in [0.3, 0.4) is 0 Å². The van der Waals surface area contributed by atoms with Crippen molar-refractivity contribution in [3.63, 3.8) is 0 Å². The summed E-state index contributed by atoms with van der Waals surface area (Å²) in [6.45, 7) is 0. The summed E-state index contributed by atoms with van der Waals surface area (Å²) in [5.74, 6) is -1.18. The van der Waals surface area contributed by atoms with Crippen molar-refractivity contribution in [2.75, 3.05) is 12.4 Å². The summed E-state index contributed by atoms with van der Waals surface area (Å²) in [7, 11) is 1.41. The normalized spacial score (nSPS) is 9.89. The minimum Gasteiger partial charge on any atom is -0.354 e. The number of nitrogens with one attached hydrogen (secondary N) is 2. The Bertz CT molecular complexity index is 559. The van der Waals surface area contributed by atoms with Crippen LogP contribution in [0, 0.1) is 5.82 Å². The molecule has 1 aromatic heterocycles. The van der Waals surface area contributed by atoms with Crippen molar-refractivity contribution in [2.24, 2.45) is 0 Å². The number of para-hydroxylation sites is 1. The molecule has 0 bridgehead atoms. The first-order valence-electron chi connectivity index (χ1n) is 5.27. The molecular formula is C12H11FN4O. The zero-order valence-electron chi connectivity index (χ0n) is 9.64. The van der Waals surface area contributed by atoms with Gasteiger partial charge in [0.15, 0.2) is 11.5 Å². The number of benzene rings is 1. The van der Waals surface area contributed by atoms with Gasteiger partial charge in [-0.25, -0.2) is 14.4 Å². The minimum absolute atomic E-state index is 0.168. The highest BCUT2D eigenvalue weighted by Crippen LogP contribution is 2.13. The summed E-state index contributed by atoms with van der Waals surface area (Å²) in [5, 5.41) is 5.20. The Labute approximate surface area is 103 Å². The lowest BCUT2D eigenvalue weighted by Crippen LogP contribution is -2.21. The van der Waals surface area contributed by atoms with E-state index in [1.807, 2.05) is 30.3 Å². The Morgan fingerprint density at radius 3 is 2.67 bits per heavy atom. The molecule has 1 heterocycles. The zero-order chi connectivity index (χ0) is 13.0. The molecule has 5 nitrogen and oxygen atoms in total. The van der Waals surface area contributed by atoms with Crippen molar-refractivity contribution in [2.45, 2.75) is 0 Å². The molecular weight excluding hydrogens is 235 g/mol. The quantitative estimate of drug-likeness (QED) is 0.865. The van der Waals surface area contributed by atoms with Gasteiger partial charge in [0.05, 0.1) is 6.20 Å². The number of halogens is 1. The fourth-order valence-electron chi connectivity index (χ4n) is 1.36. The van der Waals surface area contributed by atoms with Crippen LogP contribution in [0.4, 0.5) is 16.0 Å². The van der Waals surface area contributed by atoms with Crippen LogP contribution in [0.2, 0.25) is 0 Å². The van der Waals surface area contributed by atoms with Crippen LogP contribution in [0.15, 0.2) is 36.5 Å². The Morgan fingerprint density at radius 1 is 1.28 bits per heavy atom. The summed E-state index contributed by atoms with van der Waals surface area (Å²) < 4.78 is 13.3. The van der Waals surface area contributed by atoms with E-state index in [1.54, 1.807) is 0 Å². The van der Waals surface area contributed by atoms with Gasteiger partial charge in [-0.1, -0.05) is 18.2 Å². The number of carbonyl (C=O) groups is 1. The van der Waals surface area contributed by atoms with Gasteiger partial charge in [-0.3, -0.25) is 4.79 Å². The molecule has 2 rings (SSSR count). The van der Waals surface area contributed by atoms with E-state index in [0.29, 0.717) is 0 Å². The Kier molecular flexibility index (Phi) is 3.47. The molecule has 1 amide bonds. The summed E-state index contributed by atoms with van der Waals surface area (Å²) in [4.78, 5) is 19.0. The third-order valence-corrected chi connectivity index (χ3v) is 2.22. The lowest BCUT2D eigenvalue weighted by molar-refractivity contribution is 0.0953. The van der Waals surface area contributed by atoms with Gasteiger partial charge in [0.25, 0.3) is 5.91 Å². The second kappa shape index (κ2) is 5.22. The van der Waals surface area contributed by atoms with Crippen molar-refractivity contribution in [1.29, 1.82) is 0 Å². The van der Waals surface area contributed by atoms with Crippen LogP contribution in [0.1, 0.15) is 10.5 Å². The SMILES string of the molecule is CNC(=O)c1nc(Nc2ccccc2)ncc1F. The van der Waals surface area contributed by atoms with Crippen LogP contribution in [-0.4, -0.2) is 22.9 Å². The maximum atomic E-state index is 13.3.